The van der Waals surface area contributed by atoms with Gasteiger partial charge in [0.15, 0.2) is 0 Å². The van der Waals surface area contributed by atoms with Crippen molar-refractivity contribution in [1.29, 1.82) is 0 Å². The Morgan fingerprint density at radius 3 is 3.06 bits per heavy atom. The third-order valence-corrected chi connectivity index (χ3v) is 3.91. The fraction of sp³-hybridized carbons (Fsp3) is 0.500. The van der Waals surface area contributed by atoms with Crippen LogP contribution in [0.25, 0.3) is 0 Å². The molecule has 18 heavy (non-hydrogen) atoms. The molecule has 4 heteroatoms. The minimum absolute atomic E-state index is 0.196. The molecule has 4 nitrogen and oxygen atoms in total. The maximum absolute atomic E-state index is 12.2. The Hall–Kier alpha value is -1.55. The van der Waals surface area contributed by atoms with Gasteiger partial charge in [-0.2, -0.15) is 0 Å². The van der Waals surface area contributed by atoms with E-state index >= 15 is 0 Å². The first-order chi connectivity index (χ1) is 8.72. The lowest BCUT2D eigenvalue weighted by molar-refractivity contribution is -0.119. The van der Waals surface area contributed by atoms with Crippen molar-refractivity contribution in [2.24, 2.45) is 0 Å². The van der Waals surface area contributed by atoms with E-state index in [4.69, 9.17) is 0 Å². The van der Waals surface area contributed by atoms with E-state index in [9.17, 15) is 4.79 Å². The number of benzene rings is 1. The average molecular weight is 245 g/mol. The summed E-state index contributed by atoms with van der Waals surface area (Å²) >= 11 is 0. The number of hydrogen-bond acceptors (Lipinski definition) is 3. The number of hydrogen-bond donors (Lipinski definition) is 1. The summed E-state index contributed by atoms with van der Waals surface area (Å²) < 4.78 is 0. The molecule has 0 aromatic heterocycles. The van der Waals surface area contributed by atoms with E-state index in [2.05, 4.69) is 42.4 Å². The SMILES string of the molecule is CCc1cccc2c1N1C(=O)CNCC1CN2C. The van der Waals surface area contributed by atoms with E-state index in [-0.39, 0.29) is 11.9 Å². The molecule has 1 aromatic rings. The van der Waals surface area contributed by atoms with E-state index in [0.717, 1.165) is 25.2 Å². The van der Waals surface area contributed by atoms with E-state index in [1.165, 1.54) is 11.3 Å². The zero-order chi connectivity index (χ0) is 12.7. The van der Waals surface area contributed by atoms with Gasteiger partial charge in [-0.15, -0.1) is 0 Å². The summed E-state index contributed by atoms with van der Waals surface area (Å²) in [6, 6.07) is 6.59. The largest absolute Gasteiger partial charge is 0.371 e. The highest BCUT2D eigenvalue weighted by Crippen LogP contribution is 2.38. The molecule has 3 rings (SSSR count). The Morgan fingerprint density at radius 1 is 1.44 bits per heavy atom. The van der Waals surface area contributed by atoms with E-state index in [1.54, 1.807) is 0 Å². The van der Waals surface area contributed by atoms with Crippen LogP contribution in [0.2, 0.25) is 0 Å². The number of rotatable bonds is 1. The minimum atomic E-state index is 0.196. The molecule has 1 atom stereocenters. The van der Waals surface area contributed by atoms with Crippen molar-refractivity contribution in [2.75, 3.05) is 36.5 Å². The van der Waals surface area contributed by atoms with Crippen molar-refractivity contribution in [3.63, 3.8) is 0 Å². The first-order valence-electron chi connectivity index (χ1n) is 6.58. The summed E-state index contributed by atoms with van der Waals surface area (Å²) in [5.74, 6) is 0.196. The third-order valence-electron chi connectivity index (χ3n) is 3.91. The van der Waals surface area contributed by atoms with E-state index in [0.29, 0.717) is 6.54 Å². The van der Waals surface area contributed by atoms with Gasteiger partial charge in [-0.1, -0.05) is 19.1 Å². The Labute approximate surface area is 108 Å². The summed E-state index contributed by atoms with van der Waals surface area (Å²) in [4.78, 5) is 16.5. The Balaban J connectivity index is 2.15. The van der Waals surface area contributed by atoms with Crippen LogP contribution in [0.1, 0.15) is 12.5 Å². The standard InChI is InChI=1S/C14H19N3O/c1-3-10-5-4-6-12-14(10)17-11(9-16(12)2)7-15-8-13(17)18/h4-6,11,15H,3,7-9H2,1-2H3. The molecule has 1 amide bonds. The van der Waals surface area contributed by atoms with Gasteiger partial charge in [0, 0.05) is 20.1 Å². The van der Waals surface area contributed by atoms with Gasteiger partial charge in [0.25, 0.3) is 0 Å². The van der Waals surface area contributed by atoms with Crippen LogP contribution >= 0.6 is 0 Å². The lowest BCUT2D eigenvalue weighted by Crippen LogP contribution is -2.61. The van der Waals surface area contributed by atoms with Crippen molar-refractivity contribution < 1.29 is 4.79 Å². The summed E-state index contributed by atoms with van der Waals surface area (Å²) in [5, 5.41) is 3.20. The maximum atomic E-state index is 12.2. The van der Waals surface area contributed by atoms with Crippen LogP contribution in [-0.2, 0) is 11.2 Å². The average Bonchev–Trinajstić information content (AvgIpc) is 2.38. The number of carbonyl (C=O) groups is 1. The highest BCUT2D eigenvalue weighted by molar-refractivity contribution is 6.01. The Kier molecular flexibility index (Phi) is 2.74. The van der Waals surface area contributed by atoms with Crippen molar-refractivity contribution in [3.05, 3.63) is 23.8 Å². The third kappa shape index (κ3) is 1.60. The van der Waals surface area contributed by atoms with Gasteiger partial charge >= 0.3 is 0 Å². The number of likely N-dealkylation sites (N-methyl/N-ethyl adjacent to an activating group) is 1. The molecule has 1 N–H and O–H groups in total. The number of fused-ring (bicyclic) bond motifs is 3. The lowest BCUT2D eigenvalue weighted by atomic mass is 10.00. The second-order valence-electron chi connectivity index (χ2n) is 5.07. The zero-order valence-corrected chi connectivity index (χ0v) is 10.9. The predicted octanol–water partition coefficient (Wildman–Crippen LogP) is 1.00. The van der Waals surface area contributed by atoms with Gasteiger partial charge in [-0.3, -0.25) is 4.79 Å². The molecular formula is C14H19N3O. The fourth-order valence-electron chi connectivity index (χ4n) is 3.04. The first-order valence-corrected chi connectivity index (χ1v) is 6.58. The number of amides is 1. The molecule has 1 aromatic carbocycles. The van der Waals surface area contributed by atoms with Gasteiger partial charge in [-0.25, -0.2) is 0 Å². The molecule has 0 aliphatic carbocycles. The van der Waals surface area contributed by atoms with Gasteiger partial charge in [0.1, 0.15) is 0 Å². The Morgan fingerprint density at radius 2 is 2.28 bits per heavy atom. The summed E-state index contributed by atoms with van der Waals surface area (Å²) in [5.41, 5.74) is 3.57. The van der Waals surface area contributed by atoms with Crippen molar-refractivity contribution in [1.82, 2.24) is 5.32 Å². The number of para-hydroxylation sites is 1. The van der Waals surface area contributed by atoms with Crippen LogP contribution in [0.3, 0.4) is 0 Å². The topological polar surface area (TPSA) is 35.6 Å². The molecule has 1 fully saturated rings. The number of nitrogens with one attached hydrogen (secondary N) is 1. The zero-order valence-electron chi connectivity index (χ0n) is 10.9. The Bertz CT molecular complexity index is 486. The second kappa shape index (κ2) is 4.28. The van der Waals surface area contributed by atoms with Gasteiger partial charge < -0.3 is 15.1 Å². The minimum Gasteiger partial charge on any atom is -0.371 e. The summed E-state index contributed by atoms with van der Waals surface area (Å²) in [6.45, 7) is 4.38. The highest BCUT2D eigenvalue weighted by Gasteiger charge is 2.36. The van der Waals surface area contributed by atoms with Crippen molar-refractivity contribution >= 4 is 17.3 Å². The van der Waals surface area contributed by atoms with E-state index in [1.807, 2.05) is 4.90 Å². The molecule has 0 radical (unpaired) electrons. The van der Waals surface area contributed by atoms with Gasteiger partial charge in [0.05, 0.1) is 24.0 Å². The number of aryl methyl sites for hydroxylation is 1. The first kappa shape index (κ1) is 11.5. The molecule has 0 bridgehead atoms. The molecule has 2 aliphatic rings. The van der Waals surface area contributed by atoms with E-state index < -0.39 is 0 Å². The fourth-order valence-corrected chi connectivity index (χ4v) is 3.04. The van der Waals surface area contributed by atoms with Crippen LogP contribution in [0.15, 0.2) is 18.2 Å². The molecule has 96 valence electrons. The van der Waals surface area contributed by atoms with Gasteiger partial charge in [-0.05, 0) is 18.1 Å². The lowest BCUT2D eigenvalue weighted by Gasteiger charge is -2.45. The van der Waals surface area contributed by atoms with Crippen LogP contribution in [0.4, 0.5) is 11.4 Å². The van der Waals surface area contributed by atoms with Crippen LogP contribution in [-0.4, -0.2) is 38.6 Å². The van der Waals surface area contributed by atoms with Crippen LogP contribution in [0, 0.1) is 0 Å². The number of anilines is 2. The predicted molar refractivity (Wildman–Crippen MR) is 73.2 cm³/mol. The van der Waals surface area contributed by atoms with Crippen molar-refractivity contribution in [2.45, 2.75) is 19.4 Å². The quantitative estimate of drug-likeness (QED) is 0.802. The van der Waals surface area contributed by atoms with Crippen LogP contribution in [0.5, 0.6) is 0 Å². The second-order valence-corrected chi connectivity index (χ2v) is 5.07. The molecule has 1 unspecified atom stereocenters. The number of piperazine rings is 1. The molecule has 2 heterocycles. The summed E-state index contributed by atoms with van der Waals surface area (Å²) in [6.07, 6.45) is 0.959. The summed E-state index contributed by atoms with van der Waals surface area (Å²) in [7, 11) is 2.11. The molecule has 1 saturated heterocycles. The molecule has 0 saturated carbocycles. The van der Waals surface area contributed by atoms with Crippen LogP contribution < -0.4 is 15.1 Å². The molecule has 2 aliphatic heterocycles. The van der Waals surface area contributed by atoms with Crippen molar-refractivity contribution in [3.8, 4) is 0 Å². The highest BCUT2D eigenvalue weighted by atomic mass is 16.2. The van der Waals surface area contributed by atoms with Gasteiger partial charge in [0.2, 0.25) is 5.91 Å². The number of carbonyl (C=O) groups excluding carboxylic acids is 1. The molecule has 0 spiro atoms. The normalized spacial score (nSPS) is 22.8. The molecular weight excluding hydrogens is 226 g/mol. The number of nitrogens with zero attached hydrogens (tertiary/aromatic N) is 2. The monoisotopic (exact) mass is 245 g/mol. The maximum Gasteiger partial charge on any atom is 0.241 e. The smallest absolute Gasteiger partial charge is 0.241 e.